The van der Waals surface area contributed by atoms with Gasteiger partial charge >= 0.3 is 0 Å². The fraction of sp³-hybridized carbons (Fsp3) is 0.682. The number of hydrogen-bond donors (Lipinski definition) is 0. The molecule has 1 heterocycles. The van der Waals surface area contributed by atoms with Gasteiger partial charge in [-0.2, -0.15) is 0 Å². The molecule has 0 saturated heterocycles. The third-order valence-corrected chi connectivity index (χ3v) is 3.86. The molecule has 0 aromatic heterocycles. The topological polar surface area (TPSA) is 21.6 Å². The lowest BCUT2D eigenvalue weighted by Crippen LogP contribution is -2.17. The van der Waals surface area contributed by atoms with Crippen LogP contribution in [0.3, 0.4) is 0 Å². The Labute approximate surface area is 149 Å². The second-order valence-corrected chi connectivity index (χ2v) is 6.99. The summed E-state index contributed by atoms with van der Waals surface area (Å²) < 4.78 is 5.60. The Morgan fingerprint density at radius 1 is 1.08 bits per heavy atom. The van der Waals surface area contributed by atoms with Gasteiger partial charge in [-0.25, -0.2) is 4.99 Å². The van der Waals surface area contributed by atoms with E-state index in [9.17, 15) is 0 Å². The van der Waals surface area contributed by atoms with Crippen LogP contribution in [0.2, 0.25) is 0 Å². The first kappa shape index (κ1) is 20.4. The maximum absolute atomic E-state index is 5.60. The quantitative estimate of drug-likeness (QED) is 0.374. The van der Waals surface area contributed by atoms with Crippen LogP contribution in [0.1, 0.15) is 85.0 Å². The first-order valence-electron chi connectivity index (χ1n) is 9.49. The minimum Gasteiger partial charge on any atom is -0.478 e. The number of unbranched alkanes of at least 4 members (excludes halogenated alkanes) is 7. The van der Waals surface area contributed by atoms with E-state index in [1.807, 2.05) is 6.08 Å². The van der Waals surface area contributed by atoms with Crippen LogP contribution in [0.15, 0.2) is 17.1 Å². The van der Waals surface area contributed by atoms with E-state index in [2.05, 4.69) is 55.5 Å². The largest absolute Gasteiger partial charge is 0.478 e. The van der Waals surface area contributed by atoms with Gasteiger partial charge in [-0.3, -0.25) is 0 Å². The lowest BCUT2D eigenvalue weighted by atomic mass is 10.1. The molecule has 0 radical (unpaired) electrons. The number of ether oxygens (including phenoxy) is 1. The third-order valence-electron chi connectivity index (χ3n) is 3.86. The van der Waals surface area contributed by atoms with Gasteiger partial charge in [0, 0.05) is 12.8 Å². The first-order valence-corrected chi connectivity index (χ1v) is 9.49. The molecule has 0 aromatic rings. The minimum atomic E-state index is -0.0117. The summed E-state index contributed by atoms with van der Waals surface area (Å²) in [6, 6.07) is 0. The van der Waals surface area contributed by atoms with E-state index in [4.69, 9.17) is 4.74 Å². The van der Waals surface area contributed by atoms with Crippen LogP contribution in [-0.2, 0) is 4.74 Å². The van der Waals surface area contributed by atoms with Crippen LogP contribution in [0, 0.1) is 23.7 Å². The Hall–Kier alpha value is -1.67. The molecule has 0 aromatic carbocycles. The van der Waals surface area contributed by atoms with Crippen molar-refractivity contribution in [3.63, 3.8) is 0 Å². The van der Waals surface area contributed by atoms with Crippen molar-refractivity contribution in [2.75, 3.05) is 6.61 Å². The van der Waals surface area contributed by atoms with E-state index in [0.717, 1.165) is 31.8 Å². The highest BCUT2D eigenvalue weighted by atomic mass is 16.5. The fourth-order valence-electron chi connectivity index (χ4n) is 2.46. The maximum Gasteiger partial charge on any atom is 0.183 e. The average Bonchev–Trinajstić information content (AvgIpc) is 2.90. The van der Waals surface area contributed by atoms with Crippen LogP contribution >= 0.6 is 0 Å². The zero-order valence-corrected chi connectivity index (χ0v) is 15.8. The van der Waals surface area contributed by atoms with Gasteiger partial charge in [0.2, 0.25) is 0 Å². The van der Waals surface area contributed by atoms with Crippen LogP contribution in [-0.4, -0.2) is 18.0 Å². The zero-order valence-electron chi connectivity index (χ0n) is 15.8. The fourth-order valence-corrected chi connectivity index (χ4v) is 2.46. The van der Waals surface area contributed by atoms with Crippen molar-refractivity contribution in [2.45, 2.75) is 90.5 Å². The number of hydrogen-bond acceptors (Lipinski definition) is 2. The summed E-state index contributed by atoms with van der Waals surface area (Å²) in [5.74, 6) is 12.9. The molecule has 2 heteroatoms. The van der Waals surface area contributed by atoms with Gasteiger partial charge in [-0.15, -0.1) is 0 Å². The van der Waals surface area contributed by atoms with Crippen LogP contribution in [0.4, 0.5) is 0 Å². The molecule has 0 spiro atoms. The summed E-state index contributed by atoms with van der Waals surface area (Å²) >= 11 is 0. The minimum absolute atomic E-state index is 0.0117. The van der Waals surface area contributed by atoms with Crippen molar-refractivity contribution in [1.82, 2.24) is 0 Å². The summed E-state index contributed by atoms with van der Waals surface area (Å²) in [4.78, 5) is 4.58. The van der Waals surface area contributed by atoms with Crippen LogP contribution < -0.4 is 0 Å². The lowest BCUT2D eigenvalue weighted by Gasteiger charge is -2.07. The highest BCUT2D eigenvalue weighted by Crippen LogP contribution is 2.19. The van der Waals surface area contributed by atoms with Gasteiger partial charge < -0.3 is 4.74 Å². The molecule has 132 valence electrons. The number of rotatable bonds is 10. The molecule has 0 fully saturated rings. The molecular weight excluding hydrogens is 294 g/mol. The molecule has 1 aliphatic heterocycles. The number of allylic oxidation sites excluding steroid dienone is 2. The van der Waals surface area contributed by atoms with Crippen molar-refractivity contribution >= 4 is 5.90 Å². The summed E-state index contributed by atoms with van der Waals surface area (Å²) in [5.41, 5.74) is -0.0117. The standard InChI is InChI=1S/C22H33NO/c1-4-5-6-7-8-9-10-11-12-13-14-15-16-17-18-19-21-23-22(2,3)20-24-21/h7-8H,4-6,13-20H2,1-3H3/b8-7+. The molecule has 24 heavy (non-hydrogen) atoms. The monoisotopic (exact) mass is 327 g/mol. The molecule has 2 nitrogen and oxygen atoms in total. The summed E-state index contributed by atoms with van der Waals surface area (Å²) in [6.07, 6.45) is 15.7. The van der Waals surface area contributed by atoms with Crippen molar-refractivity contribution in [1.29, 1.82) is 0 Å². The van der Waals surface area contributed by atoms with Crippen LogP contribution in [0.5, 0.6) is 0 Å². The predicted molar refractivity (Wildman–Crippen MR) is 104 cm³/mol. The molecule has 0 saturated carbocycles. The molecule has 0 amide bonds. The Morgan fingerprint density at radius 2 is 1.88 bits per heavy atom. The first-order chi connectivity index (χ1) is 11.6. The molecule has 0 aliphatic carbocycles. The van der Waals surface area contributed by atoms with E-state index in [1.54, 1.807) is 0 Å². The summed E-state index contributed by atoms with van der Waals surface area (Å²) in [7, 11) is 0. The number of nitrogens with zero attached hydrogens (tertiary/aromatic N) is 1. The van der Waals surface area contributed by atoms with E-state index in [-0.39, 0.29) is 5.54 Å². The van der Waals surface area contributed by atoms with E-state index >= 15 is 0 Å². The highest BCUT2D eigenvalue weighted by molar-refractivity contribution is 5.78. The molecule has 0 unspecified atom stereocenters. The molecule has 1 aliphatic rings. The van der Waals surface area contributed by atoms with Gasteiger partial charge in [0.05, 0.1) is 5.54 Å². The molecule has 0 N–H and O–H groups in total. The second kappa shape index (κ2) is 12.7. The Morgan fingerprint density at radius 3 is 2.62 bits per heavy atom. The highest BCUT2D eigenvalue weighted by Gasteiger charge is 2.25. The van der Waals surface area contributed by atoms with Gasteiger partial charge in [-0.05, 0) is 51.0 Å². The molecular formula is C22H33NO. The normalized spacial score (nSPS) is 15.2. The van der Waals surface area contributed by atoms with E-state index in [0.29, 0.717) is 0 Å². The van der Waals surface area contributed by atoms with Crippen molar-refractivity contribution in [2.24, 2.45) is 4.99 Å². The second-order valence-electron chi connectivity index (χ2n) is 6.99. The number of aliphatic imine (C=N–C) groups is 1. The predicted octanol–water partition coefficient (Wildman–Crippen LogP) is 5.68. The lowest BCUT2D eigenvalue weighted by molar-refractivity contribution is 0.273. The Balaban J connectivity index is 1.93. The van der Waals surface area contributed by atoms with E-state index in [1.165, 1.54) is 44.9 Å². The Bertz CT molecular complexity index is 520. The van der Waals surface area contributed by atoms with Crippen molar-refractivity contribution in [3.8, 4) is 23.7 Å². The Kier molecular flexibility index (Phi) is 10.8. The van der Waals surface area contributed by atoms with Crippen molar-refractivity contribution < 1.29 is 4.74 Å². The van der Waals surface area contributed by atoms with Crippen molar-refractivity contribution in [3.05, 3.63) is 12.2 Å². The summed E-state index contributed by atoms with van der Waals surface area (Å²) in [6.45, 7) is 7.17. The van der Waals surface area contributed by atoms with Crippen LogP contribution in [0.25, 0.3) is 0 Å². The van der Waals surface area contributed by atoms with Gasteiger partial charge in [0.15, 0.2) is 5.90 Å². The van der Waals surface area contributed by atoms with Gasteiger partial charge in [-0.1, -0.05) is 56.9 Å². The molecule has 1 rings (SSSR count). The smallest absolute Gasteiger partial charge is 0.183 e. The molecule has 0 atom stereocenters. The third kappa shape index (κ3) is 11.0. The maximum atomic E-state index is 5.60. The average molecular weight is 328 g/mol. The van der Waals surface area contributed by atoms with Gasteiger partial charge in [0.1, 0.15) is 6.61 Å². The van der Waals surface area contributed by atoms with E-state index < -0.39 is 0 Å². The summed E-state index contributed by atoms with van der Waals surface area (Å²) in [5, 5.41) is 0. The zero-order chi connectivity index (χ0) is 17.5. The van der Waals surface area contributed by atoms with Gasteiger partial charge in [0.25, 0.3) is 0 Å². The SMILES string of the molecule is CCCC/C=C/C#CC#CCCCCCCCC1=NC(C)(C)CO1. The molecule has 0 bridgehead atoms.